The second-order valence-corrected chi connectivity index (χ2v) is 8.48. The smallest absolute Gasteiger partial charge is 0.319 e. The van der Waals surface area contributed by atoms with Gasteiger partial charge in [-0.3, -0.25) is 0 Å². The fraction of sp³-hybridized carbons (Fsp3) is 0.588. The van der Waals surface area contributed by atoms with Gasteiger partial charge < -0.3 is 15.7 Å². The minimum Gasteiger partial charge on any atom is -0.503 e. The SMILES string of the molecule is O=C(Nc1cc(Br)cc(F)c1O)NC12CC3CC(CC(C3)C1)C2. The quantitative estimate of drug-likeness (QED) is 0.664. The molecule has 3 N–H and O–H groups in total. The molecule has 0 atom stereocenters. The van der Waals surface area contributed by atoms with Gasteiger partial charge in [-0.2, -0.15) is 0 Å². The molecule has 5 rings (SSSR count). The summed E-state index contributed by atoms with van der Waals surface area (Å²) >= 11 is 3.17. The first-order chi connectivity index (χ1) is 10.9. The van der Waals surface area contributed by atoms with Gasteiger partial charge in [-0.15, -0.1) is 0 Å². The largest absolute Gasteiger partial charge is 0.503 e. The van der Waals surface area contributed by atoms with Crippen LogP contribution in [0.3, 0.4) is 0 Å². The van der Waals surface area contributed by atoms with Gasteiger partial charge in [-0.05, 0) is 68.4 Å². The van der Waals surface area contributed by atoms with Crippen molar-refractivity contribution in [1.82, 2.24) is 5.32 Å². The predicted octanol–water partition coefficient (Wildman–Crippen LogP) is 4.38. The van der Waals surface area contributed by atoms with Crippen molar-refractivity contribution in [3.05, 3.63) is 22.4 Å². The van der Waals surface area contributed by atoms with Crippen molar-refractivity contribution in [2.24, 2.45) is 17.8 Å². The molecular weight excluding hydrogens is 363 g/mol. The van der Waals surface area contributed by atoms with Gasteiger partial charge in [-0.25, -0.2) is 9.18 Å². The molecule has 4 fully saturated rings. The number of nitrogens with one attached hydrogen (secondary N) is 2. The number of hydrogen-bond donors (Lipinski definition) is 3. The van der Waals surface area contributed by atoms with E-state index in [0.717, 1.165) is 43.1 Å². The Hall–Kier alpha value is -1.30. The lowest BCUT2D eigenvalue weighted by Crippen LogP contribution is -2.60. The van der Waals surface area contributed by atoms with E-state index >= 15 is 0 Å². The average Bonchev–Trinajstić information content (AvgIpc) is 2.41. The second kappa shape index (κ2) is 5.36. The van der Waals surface area contributed by atoms with E-state index in [-0.39, 0.29) is 17.3 Å². The van der Waals surface area contributed by atoms with E-state index in [1.165, 1.54) is 25.3 Å². The summed E-state index contributed by atoms with van der Waals surface area (Å²) in [6.45, 7) is 0. The normalized spacial score (nSPS) is 34.4. The lowest BCUT2D eigenvalue weighted by Gasteiger charge is -2.56. The van der Waals surface area contributed by atoms with Gasteiger partial charge >= 0.3 is 6.03 Å². The molecule has 4 bridgehead atoms. The number of carbonyl (C=O) groups is 1. The van der Waals surface area contributed by atoms with E-state index in [1.807, 2.05) is 0 Å². The number of amides is 2. The summed E-state index contributed by atoms with van der Waals surface area (Å²) < 4.78 is 14.0. The highest BCUT2D eigenvalue weighted by Gasteiger charge is 2.51. The van der Waals surface area contributed by atoms with Crippen molar-refractivity contribution in [3.8, 4) is 5.75 Å². The average molecular weight is 383 g/mol. The molecule has 0 heterocycles. The van der Waals surface area contributed by atoms with Crippen molar-refractivity contribution in [1.29, 1.82) is 0 Å². The monoisotopic (exact) mass is 382 g/mol. The van der Waals surface area contributed by atoms with Crippen LogP contribution in [0.5, 0.6) is 5.75 Å². The fourth-order valence-corrected chi connectivity index (χ4v) is 5.75. The topological polar surface area (TPSA) is 61.4 Å². The van der Waals surface area contributed by atoms with Gasteiger partial charge in [0.15, 0.2) is 11.6 Å². The number of aromatic hydroxyl groups is 1. The Bertz CT molecular complexity index is 629. The molecule has 6 heteroatoms. The molecule has 2 amide bonds. The zero-order valence-corrected chi connectivity index (χ0v) is 14.3. The first-order valence-corrected chi connectivity index (χ1v) is 8.99. The molecule has 1 aromatic rings. The minimum atomic E-state index is -0.760. The molecule has 0 aliphatic heterocycles. The van der Waals surface area contributed by atoms with Crippen LogP contribution in [-0.2, 0) is 0 Å². The van der Waals surface area contributed by atoms with Gasteiger partial charge in [0.25, 0.3) is 0 Å². The maximum absolute atomic E-state index is 13.6. The Balaban J connectivity index is 1.49. The molecule has 4 aliphatic rings. The van der Waals surface area contributed by atoms with E-state index < -0.39 is 11.6 Å². The fourth-order valence-electron chi connectivity index (χ4n) is 5.32. The van der Waals surface area contributed by atoms with Crippen molar-refractivity contribution in [3.63, 3.8) is 0 Å². The van der Waals surface area contributed by atoms with Gasteiger partial charge in [0, 0.05) is 10.0 Å². The Morgan fingerprint density at radius 1 is 1.17 bits per heavy atom. The number of benzene rings is 1. The lowest BCUT2D eigenvalue weighted by atomic mass is 9.53. The molecule has 0 aromatic heterocycles. The van der Waals surface area contributed by atoms with E-state index in [1.54, 1.807) is 0 Å². The highest BCUT2D eigenvalue weighted by atomic mass is 79.9. The van der Waals surface area contributed by atoms with Gasteiger partial charge in [-0.1, -0.05) is 15.9 Å². The van der Waals surface area contributed by atoms with Gasteiger partial charge in [0.2, 0.25) is 0 Å². The van der Waals surface area contributed by atoms with Crippen LogP contribution in [0.1, 0.15) is 38.5 Å². The van der Waals surface area contributed by atoms with E-state index in [2.05, 4.69) is 26.6 Å². The summed E-state index contributed by atoms with van der Waals surface area (Å²) in [5.41, 5.74) is -0.0296. The van der Waals surface area contributed by atoms with Gasteiger partial charge in [0.1, 0.15) is 0 Å². The Morgan fingerprint density at radius 2 is 1.74 bits per heavy atom. The van der Waals surface area contributed by atoms with Crippen molar-refractivity contribution in [2.75, 3.05) is 5.32 Å². The molecular formula is C17H20BrFN2O2. The summed E-state index contributed by atoms with van der Waals surface area (Å²) in [7, 11) is 0. The van der Waals surface area contributed by atoms with E-state index in [0.29, 0.717) is 4.47 Å². The zero-order chi connectivity index (χ0) is 16.2. The minimum absolute atomic E-state index is 0.0825. The maximum Gasteiger partial charge on any atom is 0.319 e. The summed E-state index contributed by atoms with van der Waals surface area (Å²) in [5.74, 6) is 0.910. The third kappa shape index (κ3) is 2.82. The summed E-state index contributed by atoms with van der Waals surface area (Å²) in [4.78, 5) is 12.4. The van der Waals surface area contributed by atoms with E-state index in [9.17, 15) is 14.3 Å². The first kappa shape index (κ1) is 15.2. The number of phenolic OH excluding ortho intramolecular Hbond substituents is 1. The number of rotatable bonds is 2. The summed E-state index contributed by atoms with van der Waals surface area (Å²) in [6, 6.07) is 2.30. The second-order valence-electron chi connectivity index (χ2n) is 7.56. The number of anilines is 1. The van der Waals surface area contributed by atoms with Crippen LogP contribution in [0, 0.1) is 23.6 Å². The zero-order valence-electron chi connectivity index (χ0n) is 12.7. The van der Waals surface area contributed by atoms with Crippen LogP contribution in [0.25, 0.3) is 0 Å². The molecule has 1 aromatic carbocycles. The standard InChI is InChI=1S/C17H20BrFN2O2/c18-12-4-13(19)15(22)14(5-12)20-16(23)21-17-6-9-1-10(7-17)3-11(2-9)8-17/h4-5,9-11,22H,1-3,6-8H2,(H2,20,21,23). The number of halogens is 2. The molecule has 4 nitrogen and oxygen atoms in total. The van der Waals surface area contributed by atoms with Crippen molar-refractivity contribution >= 4 is 27.6 Å². The Labute approximate surface area is 143 Å². The van der Waals surface area contributed by atoms with Crippen LogP contribution in [0.2, 0.25) is 0 Å². The van der Waals surface area contributed by atoms with Crippen molar-refractivity contribution < 1.29 is 14.3 Å². The highest BCUT2D eigenvalue weighted by molar-refractivity contribution is 9.10. The van der Waals surface area contributed by atoms with Crippen molar-refractivity contribution in [2.45, 2.75) is 44.1 Å². The van der Waals surface area contributed by atoms with Crippen LogP contribution in [0.4, 0.5) is 14.9 Å². The first-order valence-electron chi connectivity index (χ1n) is 8.20. The van der Waals surface area contributed by atoms with Crippen LogP contribution in [-0.4, -0.2) is 16.7 Å². The molecule has 4 aliphatic carbocycles. The van der Waals surface area contributed by atoms with Crippen LogP contribution in [0.15, 0.2) is 16.6 Å². The number of carbonyl (C=O) groups excluding carboxylic acids is 1. The molecule has 0 unspecified atom stereocenters. The third-order valence-electron chi connectivity index (χ3n) is 5.69. The highest BCUT2D eigenvalue weighted by Crippen LogP contribution is 2.55. The molecule has 23 heavy (non-hydrogen) atoms. The third-order valence-corrected chi connectivity index (χ3v) is 6.15. The molecule has 4 saturated carbocycles. The Kier molecular flexibility index (Phi) is 3.55. The number of phenols is 1. The molecule has 124 valence electrons. The lowest BCUT2D eigenvalue weighted by molar-refractivity contribution is -0.0127. The molecule has 0 radical (unpaired) electrons. The molecule has 0 spiro atoms. The van der Waals surface area contributed by atoms with E-state index in [4.69, 9.17) is 0 Å². The maximum atomic E-state index is 13.6. The summed E-state index contributed by atoms with van der Waals surface area (Å²) in [5, 5.41) is 15.5. The van der Waals surface area contributed by atoms with Crippen LogP contribution >= 0.6 is 15.9 Å². The van der Waals surface area contributed by atoms with Crippen LogP contribution < -0.4 is 10.6 Å². The predicted molar refractivity (Wildman–Crippen MR) is 88.8 cm³/mol. The van der Waals surface area contributed by atoms with Gasteiger partial charge in [0.05, 0.1) is 5.69 Å². The summed E-state index contributed by atoms with van der Waals surface area (Å²) in [6.07, 6.45) is 7.06. The number of urea groups is 1. The Morgan fingerprint density at radius 3 is 2.30 bits per heavy atom. The number of hydrogen-bond acceptors (Lipinski definition) is 2. The molecule has 0 saturated heterocycles.